The first-order valence-corrected chi connectivity index (χ1v) is 24.2. The van der Waals surface area contributed by atoms with E-state index in [-0.39, 0.29) is 0 Å². The molecule has 0 spiro atoms. The summed E-state index contributed by atoms with van der Waals surface area (Å²) in [4.78, 5) is 14.6. The van der Waals surface area contributed by atoms with Crippen molar-refractivity contribution < 1.29 is 27.0 Å². The van der Waals surface area contributed by atoms with Gasteiger partial charge in [-0.1, -0.05) is 0 Å². The van der Waals surface area contributed by atoms with E-state index in [0.29, 0.717) is 84.6 Å². The van der Waals surface area contributed by atoms with Crippen molar-refractivity contribution in [3.8, 4) is 0 Å². The van der Waals surface area contributed by atoms with Gasteiger partial charge in [-0.05, 0) is 135 Å². The summed E-state index contributed by atoms with van der Waals surface area (Å²) in [6.45, 7) is 10.4. The Morgan fingerprint density at radius 3 is 1.28 bits per heavy atom. The molecule has 6 aromatic rings. The van der Waals surface area contributed by atoms with Gasteiger partial charge in [0.05, 0.1) is 35.2 Å². The molecule has 0 radical (unpaired) electrons. The molecular weight excluding hydrogens is 877 g/mol. The van der Waals surface area contributed by atoms with E-state index >= 15 is 0 Å². The molecule has 18 heteroatoms. The first-order valence-electron chi connectivity index (χ1n) is 24.2. The number of hydrogen-bond acceptors (Lipinski definition) is 12. The molecule has 2 saturated heterocycles. The molecule has 4 aliphatic heterocycles. The molecule has 4 aromatic heterocycles. The molecule has 2 saturated carbocycles. The Bertz CT molecular complexity index is 2520. The molecule has 8 atom stereocenters. The van der Waals surface area contributed by atoms with Crippen LogP contribution in [0.4, 0.5) is 28.9 Å². The van der Waals surface area contributed by atoms with E-state index in [1.165, 1.54) is 49.9 Å². The second-order valence-electron chi connectivity index (χ2n) is 19.7. The molecule has 0 N–H and O–H groups in total. The number of rotatable bonds is 8. The van der Waals surface area contributed by atoms with Crippen molar-refractivity contribution >= 4 is 11.4 Å². The van der Waals surface area contributed by atoms with Gasteiger partial charge in [0.2, 0.25) is 0 Å². The van der Waals surface area contributed by atoms with Crippen LogP contribution in [-0.4, -0.2) is 89.3 Å². The SMILES string of the molecule is Cc1cc(N2C[C@H]3CC[C@@H](C2)C3Cc2nc3n(n2)CCCO[C@@H]3c2cc(F)cc(F)c2)cnn1.Cc1cc(N2C[C@H]3CC[C@@H](C2)C3Cc2nc3n(n2)CCCO[C@H]3c2cc(F)cc(F)c2)cnn1. The number of anilines is 2. The Kier molecular flexibility index (Phi) is 12.4. The predicted molar refractivity (Wildman–Crippen MR) is 242 cm³/mol. The van der Waals surface area contributed by atoms with Crippen LogP contribution in [0.3, 0.4) is 0 Å². The predicted octanol–water partition coefficient (Wildman–Crippen LogP) is 7.74. The largest absolute Gasteiger partial charge is 0.370 e. The highest BCUT2D eigenvalue weighted by atomic mass is 19.1. The number of aryl methyl sites for hydroxylation is 4. The molecule has 6 aliphatic rings. The number of benzene rings is 2. The van der Waals surface area contributed by atoms with Crippen LogP contribution in [0.15, 0.2) is 60.9 Å². The van der Waals surface area contributed by atoms with Gasteiger partial charge in [-0.2, -0.15) is 30.6 Å². The second kappa shape index (κ2) is 18.9. The number of aromatic nitrogens is 10. The van der Waals surface area contributed by atoms with Crippen LogP contribution in [0.25, 0.3) is 0 Å². The van der Waals surface area contributed by atoms with Gasteiger partial charge in [-0.15, -0.1) is 0 Å². The quantitative estimate of drug-likeness (QED) is 0.138. The van der Waals surface area contributed by atoms with Crippen LogP contribution >= 0.6 is 0 Å². The van der Waals surface area contributed by atoms with Crippen molar-refractivity contribution in [3.05, 3.63) is 130 Å². The Labute approximate surface area is 392 Å². The fraction of sp³-hybridized carbons (Fsp3) is 0.520. The summed E-state index contributed by atoms with van der Waals surface area (Å²) in [7, 11) is 0. The van der Waals surface area contributed by atoms with E-state index < -0.39 is 35.5 Å². The lowest BCUT2D eigenvalue weighted by atomic mass is 9.82. The van der Waals surface area contributed by atoms with E-state index in [4.69, 9.17) is 29.6 Å². The third kappa shape index (κ3) is 9.32. The number of hydrogen-bond donors (Lipinski definition) is 0. The molecule has 12 rings (SSSR count). The number of ether oxygens (including phenoxy) is 2. The molecule has 68 heavy (non-hydrogen) atoms. The smallest absolute Gasteiger partial charge is 0.161 e. The summed E-state index contributed by atoms with van der Waals surface area (Å²) < 4.78 is 71.3. The average Bonchev–Trinajstić information content (AvgIpc) is 3.91. The average molecular weight is 933 g/mol. The first kappa shape index (κ1) is 44.6. The molecule has 14 nitrogen and oxygen atoms in total. The molecule has 2 unspecified atom stereocenters. The molecule has 8 heterocycles. The zero-order valence-electron chi connectivity index (χ0n) is 38.4. The zero-order valence-corrected chi connectivity index (χ0v) is 38.4. The van der Waals surface area contributed by atoms with Crippen LogP contribution in [-0.2, 0) is 35.4 Å². The van der Waals surface area contributed by atoms with Crippen molar-refractivity contribution in [2.75, 3.05) is 49.2 Å². The van der Waals surface area contributed by atoms with E-state index in [1.54, 1.807) is 0 Å². The number of halogens is 4. The van der Waals surface area contributed by atoms with Gasteiger partial charge in [-0.3, -0.25) is 0 Å². The molecule has 356 valence electrons. The summed E-state index contributed by atoms with van der Waals surface area (Å²) in [6, 6.07) is 11.3. The summed E-state index contributed by atoms with van der Waals surface area (Å²) in [5.74, 6) is 3.83. The van der Waals surface area contributed by atoms with Crippen molar-refractivity contribution in [1.29, 1.82) is 0 Å². The minimum absolute atomic E-state index is 0.439. The summed E-state index contributed by atoms with van der Waals surface area (Å²) in [5.41, 5.74) is 5.05. The standard InChI is InChI=1S/2C25H28F2N6O/c2*1-15-7-21(12-28-30-15)32-13-16-3-4-17(14-32)22(16)11-23-29-25-24(34-6-2-5-33(25)31-23)18-8-19(26)10-20(27)9-18/h2*7-10,12,16-17,22,24H,2-6,11,13-14H2,1H3/t2*16-,17+,22?,24-/m10/s1. The van der Waals surface area contributed by atoms with Gasteiger partial charge < -0.3 is 19.3 Å². The first-order chi connectivity index (χ1) is 33.1. The topological polar surface area (TPSA) is 138 Å². The van der Waals surface area contributed by atoms with Gasteiger partial charge in [-0.25, -0.2) is 36.9 Å². The van der Waals surface area contributed by atoms with Gasteiger partial charge in [0.15, 0.2) is 23.3 Å². The summed E-state index contributed by atoms with van der Waals surface area (Å²) in [6.07, 6.45) is 10.5. The molecule has 4 fully saturated rings. The maximum absolute atomic E-state index is 13.9. The highest BCUT2D eigenvalue weighted by molar-refractivity contribution is 5.46. The van der Waals surface area contributed by atoms with E-state index in [9.17, 15) is 17.6 Å². The maximum Gasteiger partial charge on any atom is 0.161 e. The normalized spacial score (nSPS) is 26.4. The number of fused-ring (bicyclic) bond motifs is 6. The van der Waals surface area contributed by atoms with Crippen molar-refractivity contribution in [1.82, 2.24) is 49.9 Å². The fourth-order valence-corrected chi connectivity index (χ4v) is 12.1. The van der Waals surface area contributed by atoms with Crippen molar-refractivity contribution in [2.45, 2.75) is 90.5 Å². The van der Waals surface area contributed by atoms with Crippen molar-refractivity contribution in [3.63, 3.8) is 0 Å². The zero-order chi connectivity index (χ0) is 46.5. The van der Waals surface area contributed by atoms with Gasteiger partial charge in [0.25, 0.3) is 0 Å². The lowest BCUT2D eigenvalue weighted by molar-refractivity contribution is 0.0806. The maximum atomic E-state index is 13.9. The van der Waals surface area contributed by atoms with Crippen LogP contribution < -0.4 is 9.80 Å². The molecule has 4 bridgehead atoms. The van der Waals surface area contributed by atoms with Crippen molar-refractivity contribution in [2.24, 2.45) is 35.5 Å². The molecular formula is C50H56F4N12O2. The van der Waals surface area contributed by atoms with E-state index in [1.807, 2.05) is 35.6 Å². The number of piperidine rings is 2. The summed E-state index contributed by atoms with van der Waals surface area (Å²) in [5, 5.41) is 26.1. The van der Waals surface area contributed by atoms with Crippen LogP contribution in [0.5, 0.6) is 0 Å². The van der Waals surface area contributed by atoms with E-state index in [0.717, 1.165) is 98.4 Å². The highest BCUT2D eigenvalue weighted by Crippen LogP contribution is 2.46. The van der Waals surface area contributed by atoms with Gasteiger partial charge in [0, 0.05) is 77.5 Å². The van der Waals surface area contributed by atoms with Gasteiger partial charge >= 0.3 is 0 Å². The Morgan fingerprint density at radius 2 is 0.912 bits per heavy atom. The summed E-state index contributed by atoms with van der Waals surface area (Å²) >= 11 is 0. The molecule has 0 amide bonds. The monoisotopic (exact) mass is 932 g/mol. The lowest BCUT2D eigenvalue weighted by Crippen LogP contribution is -2.43. The van der Waals surface area contributed by atoms with Crippen LogP contribution in [0.2, 0.25) is 0 Å². The second-order valence-corrected chi connectivity index (χ2v) is 19.7. The fourth-order valence-electron chi connectivity index (χ4n) is 12.1. The third-order valence-electron chi connectivity index (χ3n) is 15.1. The molecule has 2 aliphatic carbocycles. The number of nitrogens with zero attached hydrogens (tertiary/aromatic N) is 12. The third-order valence-corrected chi connectivity index (χ3v) is 15.1. The lowest BCUT2D eigenvalue weighted by Gasteiger charge is -2.39. The highest BCUT2D eigenvalue weighted by Gasteiger charge is 2.44. The van der Waals surface area contributed by atoms with Gasteiger partial charge in [0.1, 0.15) is 35.5 Å². The van der Waals surface area contributed by atoms with E-state index in [2.05, 4.69) is 42.3 Å². The minimum Gasteiger partial charge on any atom is -0.370 e. The Balaban J connectivity index is 0.000000149. The van der Waals surface area contributed by atoms with Crippen LogP contribution in [0, 0.1) is 72.6 Å². The molecule has 2 aromatic carbocycles. The Morgan fingerprint density at radius 1 is 0.529 bits per heavy atom. The minimum atomic E-state index is -0.616. The van der Waals surface area contributed by atoms with Crippen LogP contribution in [0.1, 0.15) is 96.5 Å². The Hall–Kier alpha value is -5.88.